The van der Waals surface area contributed by atoms with Crippen LogP contribution in [0.15, 0.2) is 27.5 Å². The number of aromatic nitrogens is 2. The predicted molar refractivity (Wildman–Crippen MR) is 61.0 cm³/mol. The largest absolute Gasteiger partial charge is 0.472 e. The first-order valence-corrected chi connectivity index (χ1v) is 5.85. The molecule has 0 unspecified atom stereocenters. The van der Waals surface area contributed by atoms with Gasteiger partial charge in [0.15, 0.2) is 5.82 Å². The summed E-state index contributed by atoms with van der Waals surface area (Å²) < 4.78 is 10.1. The minimum Gasteiger partial charge on any atom is -0.472 e. The van der Waals surface area contributed by atoms with Gasteiger partial charge in [0.2, 0.25) is 5.89 Å². The average molecular weight is 247 g/mol. The summed E-state index contributed by atoms with van der Waals surface area (Å²) in [6, 6.07) is 1.67. The first-order valence-electron chi connectivity index (χ1n) is 5.85. The van der Waals surface area contributed by atoms with Gasteiger partial charge in [0.25, 0.3) is 5.91 Å². The lowest BCUT2D eigenvalue weighted by Gasteiger charge is -2.14. The van der Waals surface area contributed by atoms with Crippen molar-refractivity contribution in [1.29, 1.82) is 0 Å². The summed E-state index contributed by atoms with van der Waals surface area (Å²) in [4.78, 5) is 18.1. The molecule has 94 valence electrons. The quantitative estimate of drug-likeness (QED) is 0.806. The highest BCUT2D eigenvalue weighted by atomic mass is 16.5. The number of rotatable bonds is 2. The summed E-state index contributed by atoms with van der Waals surface area (Å²) in [6.45, 7) is 3.11. The molecule has 0 spiro atoms. The Hall–Kier alpha value is -2.11. The van der Waals surface area contributed by atoms with Gasteiger partial charge in [0.1, 0.15) is 6.26 Å². The molecule has 18 heavy (non-hydrogen) atoms. The van der Waals surface area contributed by atoms with Crippen LogP contribution in [-0.4, -0.2) is 34.0 Å². The lowest BCUT2D eigenvalue weighted by Crippen LogP contribution is -2.28. The number of carbonyl (C=O) groups is 1. The van der Waals surface area contributed by atoms with E-state index in [1.54, 1.807) is 17.9 Å². The van der Waals surface area contributed by atoms with E-state index < -0.39 is 0 Å². The maximum atomic E-state index is 12.1. The molecular formula is C12H13N3O3. The Bertz CT molecular complexity index is 547. The molecule has 6 heteroatoms. The van der Waals surface area contributed by atoms with Crippen molar-refractivity contribution in [3.8, 4) is 0 Å². The van der Waals surface area contributed by atoms with E-state index in [0.717, 1.165) is 6.42 Å². The fourth-order valence-corrected chi connectivity index (χ4v) is 2.19. The van der Waals surface area contributed by atoms with E-state index >= 15 is 0 Å². The molecule has 1 aliphatic heterocycles. The second-order valence-corrected chi connectivity index (χ2v) is 4.43. The lowest BCUT2D eigenvalue weighted by atomic mass is 10.1. The van der Waals surface area contributed by atoms with Crippen molar-refractivity contribution in [2.24, 2.45) is 0 Å². The van der Waals surface area contributed by atoms with Gasteiger partial charge in [-0.25, -0.2) is 0 Å². The van der Waals surface area contributed by atoms with Crippen LogP contribution in [0.25, 0.3) is 0 Å². The number of amides is 1. The van der Waals surface area contributed by atoms with Gasteiger partial charge in [-0.2, -0.15) is 4.98 Å². The Kier molecular flexibility index (Phi) is 2.62. The number of hydrogen-bond acceptors (Lipinski definition) is 5. The van der Waals surface area contributed by atoms with Crippen LogP contribution < -0.4 is 0 Å². The molecule has 0 saturated carbocycles. The Morgan fingerprint density at radius 1 is 1.56 bits per heavy atom. The molecule has 1 atom stereocenters. The van der Waals surface area contributed by atoms with Crippen molar-refractivity contribution < 1.29 is 13.7 Å². The van der Waals surface area contributed by atoms with E-state index in [2.05, 4.69) is 10.1 Å². The van der Waals surface area contributed by atoms with Gasteiger partial charge < -0.3 is 13.8 Å². The van der Waals surface area contributed by atoms with Crippen LogP contribution in [-0.2, 0) is 0 Å². The third-order valence-corrected chi connectivity index (χ3v) is 3.14. The molecule has 1 aliphatic rings. The SMILES string of the molecule is Cc1noc([C@@H]2CCN(C(=O)c3ccoc3)C2)n1. The summed E-state index contributed by atoms with van der Waals surface area (Å²) in [5.41, 5.74) is 0.581. The van der Waals surface area contributed by atoms with Crippen molar-refractivity contribution in [3.63, 3.8) is 0 Å². The van der Waals surface area contributed by atoms with Crippen molar-refractivity contribution in [2.45, 2.75) is 19.3 Å². The van der Waals surface area contributed by atoms with E-state index in [0.29, 0.717) is 30.4 Å². The van der Waals surface area contributed by atoms with Crippen molar-refractivity contribution in [3.05, 3.63) is 35.9 Å². The van der Waals surface area contributed by atoms with Crippen LogP contribution in [0.2, 0.25) is 0 Å². The van der Waals surface area contributed by atoms with E-state index in [4.69, 9.17) is 8.94 Å². The van der Waals surface area contributed by atoms with Gasteiger partial charge in [-0.05, 0) is 19.4 Å². The fourth-order valence-electron chi connectivity index (χ4n) is 2.19. The monoisotopic (exact) mass is 247 g/mol. The third kappa shape index (κ3) is 1.90. The van der Waals surface area contributed by atoms with Gasteiger partial charge in [0.05, 0.1) is 17.7 Å². The maximum Gasteiger partial charge on any atom is 0.257 e. The molecule has 0 N–H and O–H groups in total. The molecule has 0 aliphatic carbocycles. The summed E-state index contributed by atoms with van der Waals surface area (Å²) in [5, 5.41) is 3.78. The highest BCUT2D eigenvalue weighted by Crippen LogP contribution is 2.26. The van der Waals surface area contributed by atoms with Crippen LogP contribution >= 0.6 is 0 Å². The van der Waals surface area contributed by atoms with Crippen molar-refractivity contribution >= 4 is 5.91 Å². The zero-order valence-corrected chi connectivity index (χ0v) is 10.00. The molecule has 1 saturated heterocycles. The second-order valence-electron chi connectivity index (χ2n) is 4.43. The zero-order valence-electron chi connectivity index (χ0n) is 10.00. The number of likely N-dealkylation sites (tertiary alicyclic amines) is 1. The van der Waals surface area contributed by atoms with Crippen LogP contribution in [0.3, 0.4) is 0 Å². The van der Waals surface area contributed by atoms with E-state index in [-0.39, 0.29) is 11.8 Å². The van der Waals surface area contributed by atoms with Crippen LogP contribution in [0.1, 0.15) is 34.4 Å². The van der Waals surface area contributed by atoms with Gasteiger partial charge >= 0.3 is 0 Å². The zero-order chi connectivity index (χ0) is 12.5. The first kappa shape index (κ1) is 11.0. The molecule has 6 nitrogen and oxygen atoms in total. The maximum absolute atomic E-state index is 12.1. The molecule has 0 radical (unpaired) electrons. The molecule has 0 bridgehead atoms. The second kappa shape index (κ2) is 4.29. The Labute approximate surface area is 104 Å². The standard InChI is InChI=1S/C12H13N3O3/c1-8-13-11(18-14-8)9-2-4-15(6-9)12(16)10-3-5-17-7-10/h3,5,7,9H,2,4,6H2,1H3/t9-/m1/s1. The normalized spacial score (nSPS) is 19.4. The summed E-state index contributed by atoms with van der Waals surface area (Å²) >= 11 is 0. The number of hydrogen-bond donors (Lipinski definition) is 0. The minimum atomic E-state index is -0.0116. The van der Waals surface area contributed by atoms with E-state index in [1.807, 2.05) is 0 Å². The van der Waals surface area contributed by atoms with E-state index in [1.165, 1.54) is 12.5 Å². The number of aryl methyl sites for hydroxylation is 1. The highest BCUT2D eigenvalue weighted by molar-refractivity contribution is 5.94. The van der Waals surface area contributed by atoms with Crippen molar-refractivity contribution in [1.82, 2.24) is 15.0 Å². The molecule has 1 amide bonds. The Morgan fingerprint density at radius 3 is 3.11 bits per heavy atom. The summed E-state index contributed by atoms with van der Waals surface area (Å²) in [7, 11) is 0. The molecule has 2 aromatic rings. The summed E-state index contributed by atoms with van der Waals surface area (Å²) in [6.07, 6.45) is 3.82. The number of furan rings is 1. The molecule has 2 aromatic heterocycles. The molecular weight excluding hydrogens is 234 g/mol. The third-order valence-electron chi connectivity index (χ3n) is 3.14. The van der Waals surface area contributed by atoms with Gasteiger partial charge in [0, 0.05) is 13.1 Å². The highest BCUT2D eigenvalue weighted by Gasteiger charge is 2.31. The predicted octanol–water partition coefficient (Wildman–Crippen LogP) is 1.60. The molecule has 0 aromatic carbocycles. The Balaban J connectivity index is 1.70. The van der Waals surface area contributed by atoms with Crippen molar-refractivity contribution in [2.75, 3.05) is 13.1 Å². The van der Waals surface area contributed by atoms with Crippen LogP contribution in [0, 0.1) is 6.92 Å². The van der Waals surface area contributed by atoms with Gasteiger partial charge in [-0.1, -0.05) is 5.16 Å². The van der Waals surface area contributed by atoms with Gasteiger partial charge in [-0.15, -0.1) is 0 Å². The molecule has 3 rings (SSSR count). The van der Waals surface area contributed by atoms with Crippen LogP contribution in [0.4, 0.5) is 0 Å². The molecule has 3 heterocycles. The fraction of sp³-hybridized carbons (Fsp3) is 0.417. The van der Waals surface area contributed by atoms with Gasteiger partial charge in [-0.3, -0.25) is 4.79 Å². The first-order chi connectivity index (χ1) is 8.74. The smallest absolute Gasteiger partial charge is 0.257 e. The molecule has 1 fully saturated rings. The average Bonchev–Trinajstić information content (AvgIpc) is 3.09. The Morgan fingerprint density at radius 2 is 2.44 bits per heavy atom. The van der Waals surface area contributed by atoms with Crippen LogP contribution in [0.5, 0.6) is 0 Å². The number of nitrogens with zero attached hydrogens (tertiary/aromatic N) is 3. The lowest BCUT2D eigenvalue weighted by molar-refractivity contribution is 0.0789. The number of carbonyl (C=O) groups excluding carboxylic acids is 1. The topological polar surface area (TPSA) is 72.4 Å². The summed E-state index contributed by atoms with van der Waals surface area (Å²) in [5.74, 6) is 1.38. The van der Waals surface area contributed by atoms with E-state index in [9.17, 15) is 4.79 Å². The minimum absolute atomic E-state index is 0.0116.